The molecule has 0 unspecified atom stereocenters. The van der Waals surface area contributed by atoms with E-state index in [0.29, 0.717) is 5.54 Å². The summed E-state index contributed by atoms with van der Waals surface area (Å²) in [7, 11) is 2.34. The normalized spacial score (nSPS) is 32.1. The molecule has 1 aromatic rings. The van der Waals surface area contributed by atoms with Gasteiger partial charge in [0.1, 0.15) is 0 Å². The van der Waals surface area contributed by atoms with Crippen molar-refractivity contribution in [1.82, 2.24) is 9.80 Å². The number of rotatable bonds is 2. The summed E-state index contributed by atoms with van der Waals surface area (Å²) in [6, 6.07) is 12.2. The highest BCUT2D eigenvalue weighted by Gasteiger charge is 2.57. The molecule has 5 rings (SSSR count). The van der Waals surface area contributed by atoms with Gasteiger partial charge in [-0.3, -0.25) is 0 Å². The minimum absolute atomic E-state index is 0.395. The van der Waals surface area contributed by atoms with E-state index >= 15 is 0 Å². The molecule has 0 N–H and O–H groups in total. The quantitative estimate of drug-likeness (QED) is 0.696. The number of para-hydroxylation sites is 1. The summed E-state index contributed by atoms with van der Waals surface area (Å²) in [6.45, 7) is 6.50. The van der Waals surface area contributed by atoms with Crippen LogP contribution in [0.15, 0.2) is 30.3 Å². The van der Waals surface area contributed by atoms with Crippen LogP contribution in [-0.4, -0.2) is 61.2 Å². The van der Waals surface area contributed by atoms with Crippen LogP contribution in [0.1, 0.15) is 64.2 Å². The summed E-state index contributed by atoms with van der Waals surface area (Å²) in [5.74, 6) is 1.71. The first kappa shape index (κ1) is 19.9. The highest BCUT2D eigenvalue weighted by atomic mass is 15.3. The van der Waals surface area contributed by atoms with Gasteiger partial charge in [0.25, 0.3) is 0 Å². The van der Waals surface area contributed by atoms with E-state index in [-0.39, 0.29) is 0 Å². The van der Waals surface area contributed by atoms with Gasteiger partial charge < -0.3 is 14.7 Å². The van der Waals surface area contributed by atoms with Gasteiger partial charge in [-0.15, -0.1) is 0 Å². The van der Waals surface area contributed by atoms with E-state index in [1.165, 1.54) is 103 Å². The Kier molecular flexibility index (Phi) is 5.89. The number of hydrogen-bond donors (Lipinski definition) is 0. The Morgan fingerprint density at radius 3 is 2.14 bits per heavy atom. The van der Waals surface area contributed by atoms with E-state index in [9.17, 15) is 0 Å². The van der Waals surface area contributed by atoms with Crippen molar-refractivity contribution in [3.63, 3.8) is 0 Å². The Hall–Kier alpha value is -1.06. The second kappa shape index (κ2) is 8.59. The Morgan fingerprint density at radius 2 is 1.45 bits per heavy atom. The number of anilines is 1. The standard InChI is InChI=1S/C26H41N3/c1-27-19-22-20-29(24-13-9-6-10-14-24)26(25(22)21-27)15-17-28(18-16-26)23-11-7-4-2-3-5-8-12-23/h6,9-10,13-14,22-23,25H,2-5,7-8,11-12,15-21H2,1H3/t22-,25-/m0/s1. The summed E-state index contributed by atoms with van der Waals surface area (Å²) in [5.41, 5.74) is 1.87. The number of likely N-dealkylation sites (tertiary alicyclic amines) is 2. The average molecular weight is 396 g/mol. The molecule has 29 heavy (non-hydrogen) atoms. The van der Waals surface area contributed by atoms with Gasteiger partial charge in [-0.05, 0) is 50.8 Å². The summed E-state index contributed by atoms with van der Waals surface area (Å²) in [5, 5.41) is 0. The van der Waals surface area contributed by atoms with Crippen molar-refractivity contribution in [1.29, 1.82) is 0 Å². The van der Waals surface area contributed by atoms with Crippen LogP contribution in [0.2, 0.25) is 0 Å². The molecule has 4 aliphatic rings. The zero-order chi connectivity index (χ0) is 19.7. The minimum Gasteiger partial charge on any atom is -0.365 e. The van der Waals surface area contributed by atoms with Crippen molar-refractivity contribution in [2.75, 3.05) is 44.7 Å². The number of hydrogen-bond acceptors (Lipinski definition) is 3. The molecule has 0 bridgehead atoms. The molecule has 0 amide bonds. The summed E-state index contributed by atoms with van der Waals surface area (Å²) in [4.78, 5) is 8.37. The minimum atomic E-state index is 0.395. The summed E-state index contributed by atoms with van der Waals surface area (Å²) >= 11 is 0. The lowest BCUT2D eigenvalue weighted by molar-refractivity contribution is 0.0842. The topological polar surface area (TPSA) is 9.72 Å². The van der Waals surface area contributed by atoms with Crippen LogP contribution in [-0.2, 0) is 0 Å². The van der Waals surface area contributed by atoms with Crippen LogP contribution in [0.3, 0.4) is 0 Å². The highest BCUT2D eigenvalue weighted by molar-refractivity contribution is 5.52. The smallest absolute Gasteiger partial charge is 0.0470 e. The van der Waals surface area contributed by atoms with Crippen LogP contribution >= 0.6 is 0 Å². The van der Waals surface area contributed by atoms with Crippen LogP contribution in [0.4, 0.5) is 5.69 Å². The third-order valence-electron chi connectivity index (χ3n) is 8.84. The Bertz CT molecular complexity index is 641. The fraction of sp³-hybridized carbons (Fsp3) is 0.769. The molecule has 160 valence electrons. The maximum absolute atomic E-state index is 2.91. The SMILES string of the molecule is CN1C[C@H]2CN(c3ccccc3)C3(CCN(C4CCCCCCCC4)CC3)[C@H]2C1. The first-order chi connectivity index (χ1) is 14.3. The van der Waals surface area contributed by atoms with Crippen LogP contribution in [0, 0.1) is 11.8 Å². The van der Waals surface area contributed by atoms with Crippen molar-refractivity contribution in [3.8, 4) is 0 Å². The van der Waals surface area contributed by atoms with Gasteiger partial charge in [-0.25, -0.2) is 0 Å². The maximum atomic E-state index is 2.91. The van der Waals surface area contributed by atoms with Gasteiger partial charge in [0.15, 0.2) is 0 Å². The molecule has 3 aliphatic heterocycles. The largest absolute Gasteiger partial charge is 0.365 e. The van der Waals surface area contributed by atoms with Crippen molar-refractivity contribution < 1.29 is 0 Å². The van der Waals surface area contributed by atoms with Crippen molar-refractivity contribution in [2.24, 2.45) is 11.8 Å². The lowest BCUT2D eigenvalue weighted by atomic mass is 9.74. The molecule has 2 atom stereocenters. The monoisotopic (exact) mass is 395 g/mol. The number of fused-ring (bicyclic) bond motifs is 2. The molecule has 0 aromatic heterocycles. The van der Waals surface area contributed by atoms with Gasteiger partial charge in [0.2, 0.25) is 0 Å². The van der Waals surface area contributed by atoms with Crippen LogP contribution in [0.5, 0.6) is 0 Å². The zero-order valence-electron chi connectivity index (χ0n) is 18.6. The lowest BCUT2D eigenvalue weighted by Gasteiger charge is -2.50. The Labute approximate surface area is 178 Å². The van der Waals surface area contributed by atoms with Crippen LogP contribution < -0.4 is 4.90 Å². The van der Waals surface area contributed by atoms with E-state index in [0.717, 1.165) is 17.9 Å². The first-order valence-electron chi connectivity index (χ1n) is 12.5. The zero-order valence-corrected chi connectivity index (χ0v) is 18.6. The van der Waals surface area contributed by atoms with Gasteiger partial charge in [-0.2, -0.15) is 0 Å². The van der Waals surface area contributed by atoms with E-state index in [1.54, 1.807) is 0 Å². The maximum Gasteiger partial charge on any atom is 0.0470 e. The van der Waals surface area contributed by atoms with Gasteiger partial charge >= 0.3 is 0 Å². The van der Waals surface area contributed by atoms with Gasteiger partial charge in [-0.1, -0.05) is 56.7 Å². The molecule has 1 spiro atoms. The molecule has 1 aliphatic carbocycles. The fourth-order valence-electron chi connectivity index (χ4n) is 7.36. The van der Waals surface area contributed by atoms with Gasteiger partial charge in [0, 0.05) is 55.9 Å². The molecule has 3 saturated heterocycles. The summed E-state index contributed by atoms with van der Waals surface area (Å²) < 4.78 is 0. The average Bonchev–Trinajstić information content (AvgIpc) is 3.29. The lowest BCUT2D eigenvalue weighted by Crippen LogP contribution is -2.58. The van der Waals surface area contributed by atoms with Crippen molar-refractivity contribution >= 4 is 5.69 Å². The third-order valence-corrected chi connectivity index (χ3v) is 8.84. The van der Waals surface area contributed by atoms with E-state index < -0.39 is 0 Å². The fourth-order valence-corrected chi connectivity index (χ4v) is 7.36. The number of nitrogens with zero attached hydrogens (tertiary/aromatic N) is 3. The number of benzene rings is 1. The van der Waals surface area contributed by atoms with E-state index in [4.69, 9.17) is 0 Å². The second-order valence-corrected chi connectivity index (χ2v) is 10.5. The molecule has 3 nitrogen and oxygen atoms in total. The van der Waals surface area contributed by atoms with Gasteiger partial charge in [0.05, 0.1) is 0 Å². The molecule has 0 radical (unpaired) electrons. The molecule has 1 saturated carbocycles. The predicted octanol–water partition coefficient (Wildman–Crippen LogP) is 5.02. The highest BCUT2D eigenvalue weighted by Crippen LogP contribution is 2.50. The Balaban J connectivity index is 1.33. The van der Waals surface area contributed by atoms with Crippen LogP contribution in [0.25, 0.3) is 0 Å². The molecule has 4 fully saturated rings. The van der Waals surface area contributed by atoms with E-state index in [2.05, 4.69) is 52.1 Å². The predicted molar refractivity (Wildman–Crippen MR) is 123 cm³/mol. The Morgan fingerprint density at radius 1 is 0.793 bits per heavy atom. The molecule has 1 aromatic carbocycles. The number of piperidine rings is 1. The first-order valence-corrected chi connectivity index (χ1v) is 12.5. The second-order valence-electron chi connectivity index (χ2n) is 10.5. The third kappa shape index (κ3) is 3.85. The summed E-state index contributed by atoms with van der Waals surface area (Å²) in [6.07, 6.45) is 14.4. The molecule has 3 heterocycles. The van der Waals surface area contributed by atoms with Crippen molar-refractivity contribution in [3.05, 3.63) is 30.3 Å². The van der Waals surface area contributed by atoms with E-state index in [1.807, 2.05) is 0 Å². The molecular weight excluding hydrogens is 354 g/mol. The molecule has 3 heteroatoms. The van der Waals surface area contributed by atoms with Crippen molar-refractivity contribution in [2.45, 2.75) is 75.8 Å². The molecular formula is C26H41N3.